The molecule has 0 fully saturated rings. The lowest BCUT2D eigenvalue weighted by Gasteiger charge is -2.23. The molecule has 0 saturated carbocycles. The van der Waals surface area contributed by atoms with Crippen molar-refractivity contribution in [3.8, 4) is 11.5 Å². The van der Waals surface area contributed by atoms with Crippen molar-refractivity contribution < 1.29 is 24.0 Å². The number of fused-ring (bicyclic) bond motifs is 1. The van der Waals surface area contributed by atoms with E-state index in [1.165, 1.54) is 31.4 Å². The Balaban J connectivity index is 1.88. The molecule has 26 heavy (non-hydrogen) atoms. The highest BCUT2D eigenvalue weighted by Gasteiger charge is 2.25. The topological polar surface area (TPSA) is 120 Å². The number of nitro benzene ring substituents is 1. The lowest BCUT2D eigenvalue weighted by Crippen LogP contribution is -2.34. The quantitative estimate of drug-likeness (QED) is 0.641. The predicted octanol–water partition coefficient (Wildman–Crippen LogP) is 2.58. The first kappa shape index (κ1) is 17.2. The first-order valence-corrected chi connectivity index (χ1v) is 7.64. The normalized spacial score (nSPS) is 15.3. The Morgan fingerprint density at radius 2 is 2.08 bits per heavy atom. The summed E-state index contributed by atoms with van der Waals surface area (Å²) in [4.78, 5) is 34.7. The van der Waals surface area contributed by atoms with Gasteiger partial charge in [-0.1, -0.05) is 0 Å². The largest absolute Gasteiger partial charge is 0.497 e. The van der Waals surface area contributed by atoms with Crippen LogP contribution in [0.3, 0.4) is 0 Å². The van der Waals surface area contributed by atoms with Crippen molar-refractivity contribution in [1.29, 1.82) is 0 Å². The van der Waals surface area contributed by atoms with E-state index in [0.717, 1.165) is 0 Å². The number of benzene rings is 2. The third-order valence-corrected chi connectivity index (χ3v) is 3.81. The Labute approximate surface area is 148 Å². The maximum absolute atomic E-state index is 12.5. The molecule has 2 aromatic rings. The SMILES string of the molecule is COc1ccc([N+](=O)[O-])c(C(=O)Nc2ccc3c(c2)NC(=O)C(C)O3)c1. The number of methoxy groups -OCH3 is 1. The molecule has 0 bridgehead atoms. The van der Waals surface area contributed by atoms with Crippen LogP contribution in [0.1, 0.15) is 17.3 Å². The Morgan fingerprint density at radius 3 is 2.77 bits per heavy atom. The van der Waals surface area contributed by atoms with Crippen molar-refractivity contribution >= 4 is 28.9 Å². The first-order valence-electron chi connectivity index (χ1n) is 7.64. The second-order valence-electron chi connectivity index (χ2n) is 5.55. The zero-order chi connectivity index (χ0) is 18.8. The number of nitro groups is 1. The summed E-state index contributed by atoms with van der Waals surface area (Å²) in [5.41, 5.74) is 0.281. The lowest BCUT2D eigenvalue weighted by atomic mass is 10.1. The van der Waals surface area contributed by atoms with Crippen molar-refractivity contribution in [2.45, 2.75) is 13.0 Å². The summed E-state index contributed by atoms with van der Waals surface area (Å²) in [5.74, 6) is -0.181. The standard InChI is InChI=1S/C17H15N3O6/c1-9-16(21)19-13-7-10(3-6-15(13)26-9)18-17(22)12-8-11(25-2)4-5-14(12)20(23)24/h3-9H,1-2H3,(H,18,22)(H,19,21). The average Bonchev–Trinajstić information content (AvgIpc) is 2.62. The molecule has 1 atom stereocenters. The van der Waals surface area contributed by atoms with Gasteiger partial charge in [-0.2, -0.15) is 0 Å². The third kappa shape index (κ3) is 3.27. The number of nitrogens with one attached hydrogen (secondary N) is 2. The van der Waals surface area contributed by atoms with Crippen LogP contribution < -0.4 is 20.1 Å². The fourth-order valence-electron chi connectivity index (χ4n) is 2.47. The minimum Gasteiger partial charge on any atom is -0.497 e. The summed E-state index contributed by atoms with van der Waals surface area (Å²) in [7, 11) is 1.40. The molecule has 9 heteroatoms. The Kier molecular flexibility index (Phi) is 4.44. The molecule has 9 nitrogen and oxygen atoms in total. The second kappa shape index (κ2) is 6.71. The molecule has 0 aromatic heterocycles. The molecule has 1 heterocycles. The molecule has 3 rings (SSSR count). The highest BCUT2D eigenvalue weighted by Crippen LogP contribution is 2.33. The molecule has 2 amide bonds. The van der Waals surface area contributed by atoms with E-state index < -0.39 is 16.9 Å². The van der Waals surface area contributed by atoms with Gasteiger partial charge < -0.3 is 20.1 Å². The number of carbonyl (C=O) groups excluding carboxylic acids is 2. The molecule has 134 valence electrons. The summed E-state index contributed by atoms with van der Waals surface area (Å²) in [6.45, 7) is 1.62. The van der Waals surface area contributed by atoms with E-state index in [-0.39, 0.29) is 17.2 Å². The molecule has 0 radical (unpaired) electrons. The van der Waals surface area contributed by atoms with Crippen LogP contribution in [0.15, 0.2) is 36.4 Å². The molecule has 2 aromatic carbocycles. The summed E-state index contributed by atoms with van der Waals surface area (Å²) >= 11 is 0. The molecular formula is C17H15N3O6. The van der Waals surface area contributed by atoms with E-state index in [0.29, 0.717) is 22.9 Å². The van der Waals surface area contributed by atoms with Crippen LogP contribution in [0.25, 0.3) is 0 Å². The van der Waals surface area contributed by atoms with Gasteiger partial charge in [-0.3, -0.25) is 19.7 Å². The molecule has 0 spiro atoms. The maximum atomic E-state index is 12.5. The smallest absolute Gasteiger partial charge is 0.282 e. The van der Waals surface area contributed by atoms with Crippen molar-refractivity contribution in [3.63, 3.8) is 0 Å². The van der Waals surface area contributed by atoms with Crippen molar-refractivity contribution in [1.82, 2.24) is 0 Å². The Bertz CT molecular complexity index is 911. The van der Waals surface area contributed by atoms with Crippen molar-refractivity contribution in [2.75, 3.05) is 17.7 Å². The van der Waals surface area contributed by atoms with Crippen LogP contribution >= 0.6 is 0 Å². The van der Waals surface area contributed by atoms with Gasteiger partial charge in [0.05, 0.1) is 17.7 Å². The van der Waals surface area contributed by atoms with Crippen LogP contribution in [0.4, 0.5) is 17.1 Å². The average molecular weight is 357 g/mol. The zero-order valence-electron chi connectivity index (χ0n) is 13.9. The van der Waals surface area contributed by atoms with E-state index >= 15 is 0 Å². The number of ether oxygens (including phenoxy) is 2. The summed E-state index contributed by atoms with van der Waals surface area (Å²) in [6.07, 6.45) is -0.609. The fraction of sp³-hybridized carbons (Fsp3) is 0.176. The highest BCUT2D eigenvalue weighted by molar-refractivity contribution is 6.08. The van der Waals surface area contributed by atoms with Crippen LogP contribution in [0.2, 0.25) is 0 Å². The number of hydrogen-bond donors (Lipinski definition) is 2. The number of nitrogens with zero attached hydrogens (tertiary/aromatic N) is 1. The molecular weight excluding hydrogens is 342 g/mol. The van der Waals surface area contributed by atoms with Gasteiger partial charge >= 0.3 is 0 Å². The van der Waals surface area contributed by atoms with Gasteiger partial charge in [-0.05, 0) is 37.3 Å². The number of rotatable bonds is 4. The zero-order valence-corrected chi connectivity index (χ0v) is 13.9. The van der Waals surface area contributed by atoms with E-state index in [4.69, 9.17) is 9.47 Å². The lowest BCUT2D eigenvalue weighted by molar-refractivity contribution is -0.385. The van der Waals surface area contributed by atoms with Crippen LogP contribution in [0.5, 0.6) is 11.5 Å². The molecule has 1 aliphatic rings. The molecule has 2 N–H and O–H groups in total. The molecule has 0 aliphatic carbocycles. The predicted molar refractivity (Wildman–Crippen MR) is 92.8 cm³/mol. The summed E-state index contributed by atoms with van der Waals surface area (Å²) in [6, 6.07) is 8.59. The number of hydrogen-bond acceptors (Lipinski definition) is 6. The Hall–Kier alpha value is -3.62. The number of amides is 2. The molecule has 1 aliphatic heterocycles. The van der Waals surface area contributed by atoms with Crippen molar-refractivity contribution in [2.24, 2.45) is 0 Å². The van der Waals surface area contributed by atoms with Gasteiger partial charge in [0.15, 0.2) is 6.10 Å². The van der Waals surface area contributed by atoms with Crippen LogP contribution in [0, 0.1) is 10.1 Å². The molecule has 0 saturated heterocycles. The second-order valence-corrected chi connectivity index (χ2v) is 5.55. The summed E-state index contributed by atoms with van der Waals surface area (Å²) < 4.78 is 10.5. The van der Waals surface area contributed by atoms with E-state index in [1.807, 2.05) is 0 Å². The minimum atomic E-state index is -0.674. The van der Waals surface area contributed by atoms with Crippen LogP contribution in [-0.4, -0.2) is 30.0 Å². The van der Waals surface area contributed by atoms with Gasteiger partial charge in [0, 0.05) is 11.8 Å². The van der Waals surface area contributed by atoms with Crippen LogP contribution in [-0.2, 0) is 4.79 Å². The fourth-order valence-corrected chi connectivity index (χ4v) is 2.47. The highest BCUT2D eigenvalue weighted by atomic mass is 16.6. The van der Waals surface area contributed by atoms with Gasteiger partial charge in [0.1, 0.15) is 17.1 Å². The first-order chi connectivity index (χ1) is 12.4. The van der Waals surface area contributed by atoms with Crippen molar-refractivity contribution in [3.05, 3.63) is 52.1 Å². The third-order valence-electron chi connectivity index (χ3n) is 3.81. The Morgan fingerprint density at radius 1 is 1.31 bits per heavy atom. The molecule has 1 unspecified atom stereocenters. The number of anilines is 2. The minimum absolute atomic E-state index is 0.138. The van der Waals surface area contributed by atoms with E-state index in [9.17, 15) is 19.7 Å². The summed E-state index contributed by atoms with van der Waals surface area (Å²) in [5, 5.41) is 16.4. The van der Waals surface area contributed by atoms with Gasteiger partial charge in [-0.15, -0.1) is 0 Å². The van der Waals surface area contributed by atoms with Gasteiger partial charge in [0.2, 0.25) is 0 Å². The van der Waals surface area contributed by atoms with Gasteiger partial charge in [-0.25, -0.2) is 0 Å². The monoisotopic (exact) mass is 357 g/mol. The maximum Gasteiger partial charge on any atom is 0.282 e. The van der Waals surface area contributed by atoms with Gasteiger partial charge in [0.25, 0.3) is 17.5 Å². The van der Waals surface area contributed by atoms with E-state index in [1.54, 1.807) is 19.1 Å². The number of carbonyl (C=O) groups is 2. The van der Waals surface area contributed by atoms with E-state index in [2.05, 4.69) is 10.6 Å².